The summed E-state index contributed by atoms with van der Waals surface area (Å²) in [7, 11) is 0. The van der Waals surface area contributed by atoms with E-state index in [-0.39, 0.29) is 24.1 Å². The van der Waals surface area contributed by atoms with Crippen molar-refractivity contribution in [1.82, 2.24) is 0 Å². The summed E-state index contributed by atoms with van der Waals surface area (Å²) < 4.78 is 53.7. The van der Waals surface area contributed by atoms with E-state index < -0.39 is 11.2 Å². The average Bonchev–Trinajstić information content (AvgIpc) is 2.66. The number of ether oxygens (including phenoxy) is 3. The van der Waals surface area contributed by atoms with E-state index in [2.05, 4.69) is 0 Å². The van der Waals surface area contributed by atoms with Crippen molar-refractivity contribution in [3.05, 3.63) is 44.9 Å². The largest absolute Gasteiger partial charge is 0.493 e. The lowest BCUT2D eigenvalue weighted by Crippen LogP contribution is -2.07. The first-order chi connectivity index (χ1) is 14.1. The molecule has 30 heavy (non-hydrogen) atoms. The first-order valence-electron chi connectivity index (χ1n) is 9.56. The first-order valence-corrected chi connectivity index (χ1v) is 10.7. The van der Waals surface area contributed by atoms with E-state index in [4.69, 9.17) is 49.0 Å². The van der Waals surface area contributed by atoms with Gasteiger partial charge in [-0.3, -0.25) is 0 Å². The lowest BCUT2D eigenvalue weighted by atomic mass is 10.1. The van der Waals surface area contributed by atoms with Gasteiger partial charge >= 0.3 is 6.18 Å². The smallest absolute Gasteiger partial charge is 0.426 e. The zero-order valence-corrected chi connectivity index (χ0v) is 19.2. The summed E-state index contributed by atoms with van der Waals surface area (Å²) in [6.07, 6.45) is 0.411. The molecule has 0 atom stereocenters. The van der Waals surface area contributed by atoms with Crippen LogP contribution in [0.2, 0.25) is 0 Å². The minimum atomic E-state index is -4.49. The Balaban J connectivity index is 2.35. The lowest BCUT2D eigenvalue weighted by molar-refractivity contribution is -0.0848. The molecule has 1 aromatic carbocycles. The molecule has 0 fully saturated rings. The van der Waals surface area contributed by atoms with Crippen LogP contribution in [-0.2, 0) is 11.2 Å². The Morgan fingerprint density at radius 2 is 1.70 bits per heavy atom. The second-order valence-electron chi connectivity index (χ2n) is 6.39. The summed E-state index contributed by atoms with van der Waals surface area (Å²) >= 11 is 16.3. The minimum absolute atomic E-state index is 0.120. The second-order valence-corrected chi connectivity index (χ2v) is 7.81. The summed E-state index contributed by atoms with van der Waals surface area (Å²) in [6, 6.07) is 3.83. The molecule has 0 aromatic heterocycles. The molecular weight excluding hydrogens is 464 g/mol. The van der Waals surface area contributed by atoms with Gasteiger partial charge in [0.1, 0.15) is 27.6 Å². The molecule has 0 radical (unpaired) electrons. The van der Waals surface area contributed by atoms with Gasteiger partial charge in [0, 0.05) is 6.61 Å². The Morgan fingerprint density at radius 3 is 2.33 bits per heavy atom. The summed E-state index contributed by atoms with van der Waals surface area (Å²) in [4.78, 5) is 0. The number of rotatable bonds is 13. The molecular formula is C21H26Cl3F3O3. The molecule has 0 spiro atoms. The van der Waals surface area contributed by atoms with E-state index in [1.54, 1.807) is 6.08 Å². The van der Waals surface area contributed by atoms with Crippen LogP contribution in [0.5, 0.6) is 11.5 Å². The highest BCUT2D eigenvalue weighted by Gasteiger charge is 2.31. The van der Waals surface area contributed by atoms with E-state index >= 15 is 0 Å². The lowest BCUT2D eigenvalue weighted by Gasteiger charge is -2.15. The van der Waals surface area contributed by atoms with Crippen molar-refractivity contribution >= 4 is 34.8 Å². The van der Waals surface area contributed by atoms with Gasteiger partial charge in [-0.2, -0.15) is 13.2 Å². The molecule has 0 amide bonds. The Bertz CT molecular complexity index is 715. The van der Waals surface area contributed by atoms with Crippen LogP contribution < -0.4 is 9.47 Å². The zero-order valence-electron chi connectivity index (χ0n) is 17.0. The highest BCUT2D eigenvalue weighted by molar-refractivity contribution is 6.55. The Morgan fingerprint density at radius 1 is 1.00 bits per heavy atom. The van der Waals surface area contributed by atoms with Crippen molar-refractivity contribution in [3.63, 3.8) is 0 Å². The van der Waals surface area contributed by atoms with E-state index in [1.165, 1.54) is 0 Å². The molecule has 0 saturated carbocycles. The number of unbranched alkanes of at least 4 members (excludes halogenated alkanes) is 1. The van der Waals surface area contributed by atoms with Crippen LogP contribution in [0.4, 0.5) is 13.2 Å². The van der Waals surface area contributed by atoms with Gasteiger partial charge in [-0.25, -0.2) is 0 Å². The second kappa shape index (κ2) is 14.1. The predicted octanol–water partition coefficient (Wildman–Crippen LogP) is 7.51. The first kappa shape index (κ1) is 27.0. The van der Waals surface area contributed by atoms with Crippen LogP contribution >= 0.6 is 34.8 Å². The number of aryl methyl sites for hydroxylation is 2. The number of allylic oxidation sites excluding steroid dienone is 1. The molecule has 0 aliphatic rings. The third kappa shape index (κ3) is 10.8. The molecule has 170 valence electrons. The van der Waals surface area contributed by atoms with Gasteiger partial charge in [-0.1, -0.05) is 47.8 Å². The van der Waals surface area contributed by atoms with Crippen LogP contribution in [0.15, 0.2) is 33.8 Å². The molecule has 1 rings (SSSR count). The SMILES string of the molecule is CCc1cc(OCC=C(Cl)Cl)cc(C)c1OCCCCOCC/C=C(\Cl)C(F)(F)F. The number of alkyl halides is 3. The highest BCUT2D eigenvalue weighted by atomic mass is 35.5. The molecule has 0 N–H and O–H groups in total. The van der Waals surface area contributed by atoms with Gasteiger partial charge in [-0.05, 0) is 61.9 Å². The molecule has 0 heterocycles. The fourth-order valence-corrected chi connectivity index (χ4v) is 2.77. The van der Waals surface area contributed by atoms with Crippen LogP contribution in [0, 0.1) is 6.92 Å². The standard InChI is InChI=1S/C21H26Cl3F3O3/c1-3-16-14-17(29-12-8-19(23)24)13-15(2)20(16)30-11-5-4-9-28-10-6-7-18(22)21(25,26)27/h7-8,13-14H,3-6,9-12H2,1-2H3/b18-7-. The monoisotopic (exact) mass is 488 g/mol. The van der Waals surface area contributed by atoms with Gasteiger partial charge in [0.15, 0.2) is 0 Å². The van der Waals surface area contributed by atoms with E-state index in [1.807, 2.05) is 26.0 Å². The van der Waals surface area contributed by atoms with Crippen LogP contribution in [0.1, 0.15) is 37.3 Å². The molecule has 3 nitrogen and oxygen atoms in total. The summed E-state index contributed by atoms with van der Waals surface area (Å²) in [6.45, 7) is 5.43. The number of halogens is 6. The minimum Gasteiger partial charge on any atom is -0.493 e. The number of hydrogen-bond donors (Lipinski definition) is 0. The number of hydrogen-bond acceptors (Lipinski definition) is 3. The summed E-state index contributed by atoms with van der Waals surface area (Å²) in [5.74, 6) is 1.55. The molecule has 1 aromatic rings. The Labute approximate surface area is 190 Å². The van der Waals surface area contributed by atoms with Crippen LogP contribution in [0.3, 0.4) is 0 Å². The molecule has 0 bridgehead atoms. The number of benzene rings is 1. The fraction of sp³-hybridized carbons (Fsp3) is 0.524. The topological polar surface area (TPSA) is 27.7 Å². The Hall–Kier alpha value is -1.08. The molecule has 0 aliphatic carbocycles. The van der Waals surface area contributed by atoms with Crippen molar-refractivity contribution in [1.29, 1.82) is 0 Å². The van der Waals surface area contributed by atoms with E-state index in [0.29, 0.717) is 13.2 Å². The molecule has 0 aliphatic heterocycles. The van der Waals surface area contributed by atoms with Gasteiger partial charge in [-0.15, -0.1) is 0 Å². The van der Waals surface area contributed by atoms with E-state index in [0.717, 1.165) is 48.0 Å². The van der Waals surface area contributed by atoms with Gasteiger partial charge in [0.2, 0.25) is 0 Å². The molecule has 0 saturated heterocycles. The summed E-state index contributed by atoms with van der Waals surface area (Å²) in [5.41, 5.74) is 2.01. The van der Waals surface area contributed by atoms with Crippen LogP contribution in [0.25, 0.3) is 0 Å². The Kier molecular flexibility index (Phi) is 12.6. The van der Waals surface area contributed by atoms with Gasteiger partial charge in [0.25, 0.3) is 0 Å². The van der Waals surface area contributed by atoms with Crippen molar-refractivity contribution in [2.45, 2.75) is 45.7 Å². The maximum absolute atomic E-state index is 12.2. The average molecular weight is 490 g/mol. The highest BCUT2D eigenvalue weighted by Crippen LogP contribution is 2.30. The maximum atomic E-state index is 12.2. The summed E-state index contributed by atoms with van der Waals surface area (Å²) in [5, 5.41) is -1.11. The third-order valence-electron chi connectivity index (χ3n) is 3.98. The van der Waals surface area contributed by atoms with Crippen molar-refractivity contribution < 1.29 is 27.4 Å². The fourth-order valence-electron chi connectivity index (χ4n) is 2.53. The van der Waals surface area contributed by atoms with Crippen molar-refractivity contribution in [2.24, 2.45) is 0 Å². The van der Waals surface area contributed by atoms with Gasteiger partial charge in [0.05, 0.1) is 13.2 Å². The maximum Gasteiger partial charge on any atom is 0.426 e. The zero-order chi connectivity index (χ0) is 22.6. The predicted molar refractivity (Wildman–Crippen MR) is 116 cm³/mol. The third-order valence-corrected chi connectivity index (χ3v) is 4.66. The van der Waals surface area contributed by atoms with Gasteiger partial charge < -0.3 is 14.2 Å². The van der Waals surface area contributed by atoms with Crippen LogP contribution in [-0.4, -0.2) is 32.6 Å². The molecule has 9 heteroatoms. The van der Waals surface area contributed by atoms with Crippen molar-refractivity contribution in [3.8, 4) is 11.5 Å². The quantitative estimate of drug-likeness (QED) is 0.268. The van der Waals surface area contributed by atoms with E-state index in [9.17, 15) is 13.2 Å². The molecule has 0 unspecified atom stereocenters. The normalized spacial score (nSPS) is 12.1. The van der Waals surface area contributed by atoms with Crippen molar-refractivity contribution in [2.75, 3.05) is 26.4 Å².